The van der Waals surface area contributed by atoms with E-state index in [9.17, 15) is 9.90 Å². The van der Waals surface area contributed by atoms with Crippen molar-refractivity contribution in [2.45, 2.75) is 31.9 Å². The summed E-state index contributed by atoms with van der Waals surface area (Å²) in [5, 5.41) is 13.7. The van der Waals surface area contributed by atoms with Crippen LogP contribution in [0.4, 0.5) is 11.4 Å². The average Bonchev–Trinajstić information content (AvgIpc) is 2.68. The molecular formula is C22H26IN3O2. The smallest absolute Gasteiger partial charge is 0.221 e. The van der Waals surface area contributed by atoms with Gasteiger partial charge in [-0.25, -0.2) is 0 Å². The zero-order valence-electron chi connectivity index (χ0n) is 16.1. The molecule has 4 rings (SSSR count). The van der Waals surface area contributed by atoms with Crippen LogP contribution in [0.25, 0.3) is 0 Å². The Labute approximate surface area is 179 Å². The Morgan fingerprint density at radius 3 is 2.57 bits per heavy atom. The quantitative estimate of drug-likeness (QED) is 0.649. The lowest BCUT2D eigenvalue weighted by atomic mass is 9.85. The van der Waals surface area contributed by atoms with Crippen molar-refractivity contribution < 1.29 is 9.90 Å². The van der Waals surface area contributed by atoms with Gasteiger partial charge in [0.25, 0.3) is 0 Å². The second kappa shape index (κ2) is 8.39. The first-order valence-corrected chi connectivity index (χ1v) is 10.9. The van der Waals surface area contributed by atoms with Crippen LogP contribution in [0.3, 0.4) is 0 Å². The molecule has 0 spiro atoms. The lowest BCUT2D eigenvalue weighted by Crippen LogP contribution is -2.56. The van der Waals surface area contributed by atoms with E-state index in [2.05, 4.69) is 62.0 Å². The Bertz CT molecular complexity index is 865. The first-order valence-electron chi connectivity index (χ1n) is 9.83. The van der Waals surface area contributed by atoms with Gasteiger partial charge in [-0.2, -0.15) is 0 Å². The number of hydrogen-bond donors (Lipinski definition) is 2. The number of hydrogen-bond acceptors (Lipinski definition) is 4. The van der Waals surface area contributed by atoms with E-state index in [1.165, 1.54) is 14.7 Å². The Kier molecular flexibility index (Phi) is 5.89. The van der Waals surface area contributed by atoms with Gasteiger partial charge in [0.15, 0.2) is 0 Å². The molecule has 2 atom stereocenters. The predicted molar refractivity (Wildman–Crippen MR) is 121 cm³/mol. The summed E-state index contributed by atoms with van der Waals surface area (Å²) in [4.78, 5) is 16.3. The molecule has 0 saturated carbocycles. The van der Waals surface area contributed by atoms with Gasteiger partial charge in [-0.1, -0.05) is 24.3 Å². The highest BCUT2D eigenvalue weighted by Gasteiger charge is 2.34. The number of carbonyl (C=O) groups is 1. The molecule has 1 aliphatic heterocycles. The minimum absolute atomic E-state index is 0.0512. The SMILES string of the molecule is CC(=O)Nc1ccccc1N1CCN([C@H]2Cc3c(I)cccc3C[C@@H]2O)CC1. The molecule has 2 aromatic rings. The number of aliphatic hydroxyl groups excluding tert-OH is 1. The molecule has 0 aromatic heterocycles. The third-order valence-electron chi connectivity index (χ3n) is 5.84. The number of para-hydroxylation sites is 2. The predicted octanol–water partition coefficient (Wildman–Crippen LogP) is 2.90. The van der Waals surface area contributed by atoms with E-state index in [1.54, 1.807) is 6.92 Å². The van der Waals surface area contributed by atoms with Crippen molar-refractivity contribution in [3.63, 3.8) is 0 Å². The highest BCUT2D eigenvalue weighted by molar-refractivity contribution is 14.1. The van der Waals surface area contributed by atoms with Crippen LogP contribution >= 0.6 is 22.6 Å². The highest BCUT2D eigenvalue weighted by atomic mass is 127. The third-order valence-corrected chi connectivity index (χ3v) is 6.85. The average molecular weight is 491 g/mol. The van der Waals surface area contributed by atoms with Gasteiger partial charge < -0.3 is 15.3 Å². The minimum Gasteiger partial charge on any atom is -0.391 e. The normalized spacial score (nSPS) is 22.6. The molecule has 5 nitrogen and oxygen atoms in total. The molecule has 1 fully saturated rings. The van der Waals surface area contributed by atoms with E-state index in [0.29, 0.717) is 0 Å². The zero-order chi connectivity index (χ0) is 19.7. The Morgan fingerprint density at radius 1 is 1.07 bits per heavy atom. The van der Waals surface area contributed by atoms with E-state index in [0.717, 1.165) is 50.4 Å². The molecule has 0 radical (unpaired) electrons. The van der Waals surface area contributed by atoms with Crippen LogP contribution < -0.4 is 10.2 Å². The molecule has 1 aliphatic carbocycles. The number of nitrogens with zero attached hydrogens (tertiary/aromatic N) is 2. The molecular weight excluding hydrogens is 465 g/mol. The van der Waals surface area contributed by atoms with Crippen molar-refractivity contribution in [3.8, 4) is 0 Å². The van der Waals surface area contributed by atoms with Crippen LogP contribution in [0.1, 0.15) is 18.1 Å². The highest BCUT2D eigenvalue weighted by Crippen LogP contribution is 2.31. The number of benzene rings is 2. The Morgan fingerprint density at radius 2 is 1.82 bits per heavy atom. The Balaban J connectivity index is 1.45. The van der Waals surface area contributed by atoms with Gasteiger partial charge in [0.1, 0.15) is 0 Å². The van der Waals surface area contributed by atoms with Gasteiger partial charge in [-0.15, -0.1) is 0 Å². The number of aliphatic hydroxyl groups is 1. The summed E-state index contributed by atoms with van der Waals surface area (Å²) >= 11 is 2.41. The number of fused-ring (bicyclic) bond motifs is 1. The van der Waals surface area contributed by atoms with E-state index >= 15 is 0 Å². The maximum Gasteiger partial charge on any atom is 0.221 e. The van der Waals surface area contributed by atoms with Crippen LogP contribution in [0.15, 0.2) is 42.5 Å². The van der Waals surface area contributed by atoms with Crippen molar-refractivity contribution in [2.75, 3.05) is 36.4 Å². The molecule has 0 unspecified atom stereocenters. The van der Waals surface area contributed by atoms with Gasteiger partial charge in [-0.3, -0.25) is 9.69 Å². The molecule has 1 heterocycles. The topological polar surface area (TPSA) is 55.8 Å². The van der Waals surface area contributed by atoms with Crippen molar-refractivity contribution in [2.24, 2.45) is 0 Å². The summed E-state index contributed by atoms with van der Waals surface area (Å²) in [6.07, 6.45) is 1.34. The third kappa shape index (κ3) is 4.04. The standard InChI is InChI=1S/C22H26IN3O2/c1-15(27)24-19-7-2-3-8-20(19)25-9-11-26(12-10-25)21-14-17-16(13-22(21)28)5-4-6-18(17)23/h2-8,21-22,28H,9-14H2,1H3,(H,24,27)/t21-,22-/m0/s1. The number of amides is 1. The van der Waals surface area contributed by atoms with Crippen molar-refractivity contribution in [1.29, 1.82) is 0 Å². The summed E-state index contributed by atoms with van der Waals surface area (Å²) in [5.41, 5.74) is 4.63. The maximum absolute atomic E-state index is 11.5. The van der Waals surface area contributed by atoms with Gasteiger partial charge in [-0.05, 0) is 58.3 Å². The lowest BCUT2D eigenvalue weighted by Gasteiger charge is -2.44. The first-order chi connectivity index (χ1) is 13.5. The molecule has 28 heavy (non-hydrogen) atoms. The monoisotopic (exact) mass is 491 g/mol. The van der Waals surface area contributed by atoms with Crippen LogP contribution in [-0.2, 0) is 17.6 Å². The maximum atomic E-state index is 11.5. The summed E-state index contributed by atoms with van der Waals surface area (Å²) < 4.78 is 1.30. The molecule has 2 aliphatic rings. The number of nitrogens with one attached hydrogen (secondary N) is 1. The molecule has 0 bridgehead atoms. The summed E-state index contributed by atoms with van der Waals surface area (Å²) in [6, 6.07) is 14.5. The van der Waals surface area contributed by atoms with Crippen LogP contribution in [0.2, 0.25) is 0 Å². The number of halogens is 1. The van der Waals surface area contributed by atoms with Gasteiger partial charge in [0, 0.05) is 49.1 Å². The van der Waals surface area contributed by atoms with Gasteiger partial charge >= 0.3 is 0 Å². The van der Waals surface area contributed by atoms with Crippen LogP contribution in [-0.4, -0.2) is 54.2 Å². The number of piperazine rings is 1. The summed E-state index contributed by atoms with van der Waals surface area (Å²) in [7, 11) is 0. The number of anilines is 2. The van der Waals surface area contributed by atoms with Gasteiger partial charge in [0.05, 0.1) is 17.5 Å². The molecule has 2 aromatic carbocycles. The number of rotatable bonds is 3. The van der Waals surface area contributed by atoms with E-state index in [4.69, 9.17) is 0 Å². The summed E-state index contributed by atoms with van der Waals surface area (Å²) in [6.45, 7) is 5.14. The second-order valence-electron chi connectivity index (χ2n) is 7.64. The fourth-order valence-corrected chi connectivity index (χ4v) is 5.22. The van der Waals surface area contributed by atoms with E-state index in [-0.39, 0.29) is 18.1 Å². The second-order valence-corrected chi connectivity index (χ2v) is 8.80. The lowest BCUT2D eigenvalue weighted by molar-refractivity contribution is -0.114. The summed E-state index contributed by atoms with van der Waals surface area (Å²) in [5.74, 6) is -0.0512. The van der Waals surface area contributed by atoms with Crippen molar-refractivity contribution in [3.05, 3.63) is 57.2 Å². The Hall–Kier alpha value is -1.64. The van der Waals surface area contributed by atoms with Crippen molar-refractivity contribution >= 4 is 39.9 Å². The van der Waals surface area contributed by atoms with Crippen LogP contribution in [0, 0.1) is 3.57 Å². The molecule has 1 amide bonds. The van der Waals surface area contributed by atoms with Gasteiger partial charge in [0.2, 0.25) is 5.91 Å². The fraction of sp³-hybridized carbons (Fsp3) is 0.409. The molecule has 1 saturated heterocycles. The fourth-order valence-electron chi connectivity index (χ4n) is 4.44. The van der Waals surface area contributed by atoms with Crippen LogP contribution in [0.5, 0.6) is 0 Å². The van der Waals surface area contributed by atoms with Crippen molar-refractivity contribution in [1.82, 2.24) is 4.90 Å². The number of carbonyl (C=O) groups excluding carboxylic acids is 1. The molecule has 2 N–H and O–H groups in total. The molecule has 6 heteroatoms. The van der Waals surface area contributed by atoms with E-state index < -0.39 is 0 Å². The largest absolute Gasteiger partial charge is 0.391 e. The molecule has 148 valence electrons. The zero-order valence-corrected chi connectivity index (χ0v) is 18.2. The first kappa shape index (κ1) is 19.7. The minimum atomic E-state index is -0.316. The van der Waals surface area contributed by atoms with E-state index in [1.807, 2.05) is 18.2 Å².